The third-order valence-electron chi connectivity index (χ3n) is 2.47. The first-order valence-electron chi connectivity index (χ1n) is 5.81. The fourth-order valence-corrected chi connectivity index (χ4v) is 1.65. The Kier molecular flexibility index (Phi) is 4.74. The minimum atomic E-state index is 0.516. The average molecular weight is 256 g/mol. The Balaban J connectivity index is 1.96. The van der Waals surface area contributed by atoms with E-state index in [9.17, 15) is 0 Å². The second-order valence-electron chi connectivity index (χ2n) is 3.87. The van der Waals surface area contributed by atoms with Gasteiger partial charge in [0.15, 0.2) is 0 Å². The summed E-state index contributed by atoms with van der Waals surface area (Å²) in [6, 6.07) is 20.1. The van der Waals surface area contributed by atoms with Gasteiger partial charge in [-0.25, -0.2) is 0 Å². The molecule has 0 N–H and O–H groups in total. The molecule has 2 heteroatoms. The zero-order valence-corrected chi connectivity index (χ0v) is 10.7. The third kappa shape index (κ3) is 4.19. The molecule has 0 saturated heterocycles. The van der Waals surface area contributed by atoms with E-state index in [2.05, 4.69) is 4.99 Å². The van der Waals surface area contributed by atoms with Gasteiger partial charge >= 0.3 is 0 Å². The van der Waals surface area contributed by atoms with Gasteiger partial charge in [0.25, 0.3) is 0 Å². The standard InChI is InChI=1S/C16H14ClN/c17-16(12-11-14-7-3-1-4-8-14)18-13-15-9-5-2-6-10-15/h1-12H,13H2/b12-11+,18-16+. The third-order valence-corrected chi connectivity index (χ3v) is 2.71. The number of halogens is 1. The molecular formula is C16H14ClN. The van der Waals surface area contributed by atoms with Crippen LogP contribution in [0.5, 0.6) is 0 Å². The molecule has 0 aromatic heterocycles. The minimum absolute atomic E-state index is 0.516. The highest BCUT2D eigenvalue weighted by atomic mass is 35.5. The van der Waals surface area contributed by atoms with E-state index in [1.807, 2.05) is 72.8 Å². The molecule has 2 aromatic carbocycles. The maximum absolute atomic E-state index is 6.04. The summed E-state index contributed by atoms with van der Waals surface area (Å²) >= 11 is 6.04. The van der Waals surface area contributed by atoms with Gasteiger partial charge in [-0.15, -0.1) is 0 Å². The average Bonchev–Trinajstić information content (AvgIpc) is 2.45. The molecule has 0 atom stereocenters. The summed E-state index contributed by atoms with van der Waals surface area (Å²) in [5.41, 5.74) is 2.27. The molecule has 0 aliphatic rings. The predicted octanol–water partition coefficient (Wildman–Crippen LogP) is 4.54. The molecule has 0 fully saturated rings. The van der Waals surface area contributed by atoms with Crippen LogP contribution in [0.4, 0.5) is 0 Å². The van der Waals surface area contributed by atoms with Crippen LogP contribution >= 0.6 is 11.6 Å². The van der Waals surface area contributed by atoms with E-state index >= 15 is 0 Å². The zero-order valence-electron chi connectivity index (χ0n) is 9.96. The van der Waals surface area contributed by atoms with Crippen LogP contribution in [0.15, 0.2) is 71.7 Å². The van der Waals surface area contributed by atoms with Crippen LogP contribution in [0.2, 0.25) is 0 Å². The highest BCUT2D eigenvalue weighted by Gasteiger charge is 1.91. The van der Waals surface area contributed by atoms with Crippen molar-refractivity contribution >= 4 is 22.8 Å². The van der Waals surface area contributed by atoms with Crippen molar-refractivity contribution in [1.29, 1.82) is 0 Å². The molecule has 2 rings (SSSR count). The lowest BCUT2D eigenvalue weighted by molar-refractivity contribution is 1.08. The Morgan fingerprint density at radius 3 is 2.22 bits per heavy atom. The molecule has 0 aliphatic carbocycles. The largest absolute Gasteiger partial charge is 0.268 e. The number of hydrogen-bond acceptors (Lipinski definition) is 1. The van der Waals surface area contributed by atoms with Crippen molar-refractivity contribution in [3.8, 4) is 0 Å². The van der Waals surface area contributed by atoms with Crippen LogP contribution in [-0.4, -0.2) is 5.17 Å². The van der Waals surface area contributed by atoms with Crippen molar-refractivity contribution < 1.29 is 0 Å². The molecule has 1 nitrogen and oxygen atoms in total. The van der Waals surface area contributed by atoms with Crippen molar-refractivity contribution in [3.63, 3.8) is 0 Å². The van der Waals surface area contributed by atoms with E-state index in [0.717, 1.165) is 11.1 Å². The molecule has 0 aliphatic heterocycles. The molecule has 0 unspecified atom stereocenters. The van der Waals surface area contributed by atoms with E-state index in [0.29, 0.717) is 11.7 Å². The predicted molar refractivity (Wildman–Crippen MR) is 78.9 cm³/mol. The van der Waals surface area contributed by atoms with Crippen molar-refractivity contribution in [1.82, 2.24) is 0 Å². The van der Waals surface area contributed by atoms with Crippen LogP contribution in [-0.2, 0) is 6.54 Å². The highest BCUT2D eigenvalue weighted by Crippen LogP contribution is 2.05. The lowest BCUT2D eigenvalue weighted by atomic mass is 10.2. The summed E-state index contributed by atoms with van der Waals surface area (Å²) in [4.78, 5) is 4.30. The van der Waals surface area contributed by atoms with E-state index in [1.54, 1.807) is 0 Å². The summed E-state index contributed by atoms with van der Waals surface area (Å²) in [5.74, 6) is 0. The van der Waals surface area contributed by atoms with Gasteiger partial charge in [0.1, 0.15) is 5.17 Å². The molecule has 0 spiro atoms. The molecular weight excluding hydrogens is 242 g/mol. The van der Waals surface area contributed by atoms with Gasteiger partial charge in [0.05, 0.1) is 6.54 Å². The Morgan fingerprint density at radius 2 is 1.56 bits per heavy atom. The van der Waals surface area contributed by atoms with Crippen LogP contribution in [0, 0.1) is 0 Å². The van der Waals surface area contributed by atoms with Gasteiger partial charge < -0.3 is 0 Å². The van der Waals surface area contributed by atoms with Gasteiger partial charge in [0, 0.05) is 0 Å². The first-order chi connectivity index (χ1) is 8.84. The number of rotatable bonds is 4. The SMILES string of the molecule is ClC(/C=C/c1ccccc1)=N/Cc1ccccc1. The van der Waals surface area contributed by atoms with Crippen molar-refractivity contribution in [2.75, 3.05) is 0 Å². The number of allylic oxidation sites excluding steroid dienone is 1. The Bertz CT molecular complexity index is 530. The van der Waals surface area contributed by atoms with Gasteiger partial charge in [-0.3, -0.25) is 4.99 Å². The monoisotopic (exact) mass is 255 g/mol. The lowest BCUT2D eigenvalue weighted by Crippen LogP contribution is -1.85. The first kappa shape index (κ1) is 12.6. The number of benzene rings is 2. The molecule has 0 heterocycles. The van der Waals surface area contributed by atoms with Crippen LogP contribution in [0.25, 0.3) is 6.08 Å². The number of nitrogens with zero attached hydrogens (tertiary/aromatic N) is 1. The second-order valence-corrected chi connectivity index (χ2v) is 4.26. The van der Waals surface area contributed by atoms with E-state index in [4.69, 9.17) is 11.6 Å². The van der Waals surface area contributed by atoms with Gasteiger partial charge in [0.2, 0.25) is 0 Å². The highest BCUT2D eigenvalue weighted by molar-refractivity contribution is 6.68. The topological polar surface area (TPSA) is 12.4 Å². The molecule has 0 radical (unpaired) electrons. The van der Waals surface area contributed by atoms with Crippen molar-refractivity contribution in [2.45, 2.75) is 6.54 Å². The van der Waals surface area contributed by atoms with Gasteiger partial charge in [-0.2, -0.15) is 0 Å². The zero-order chi connectivity index (χ0) is 12.6. The van der Waals surface area contributed by atoms with Gasteiger partial charge in [-0.05, 0) is 17.2 Å². The second kappa shape index (κ2) is 6.77. The number of aliphatic imine (C=N–C) groups is 1. The quantitative estimate of drug-likeness (QED) is 0.712. The molecule has 0 amide bonds. The van der Waals surface area contributed by atoms with E-state index < -0.39 is 0 Å². The fraction of sp³-hybridized carbons (Fsp3) is 0.0625. The Hall–Kier alpha value is -1.86. The summed E-state index contributed by atoms with van der Waals surface area (Å²) < 4.78 is 0. The molecule has 0 bridgehead atoms. The minimum Gasteiger partial charge on any atom is -0.268 e. The summed E-state index contributed by atoms with van der Waals surface area (Å²) in [7, 11) is 0. The van der Waals surface area contributed by atoms with Crippen LogP contribution in [0.1, 0.15) is 11.1 Å². The summed E-state index contributed by atoms with van der Waals surface area (Å²) in [6.07, 6.45) is 3.77. The summed E-state index contributed by atoms with van der Waals surface area (Å²) in [6.45, 7) is 0.610. The summed E-state index contributed by atoms with van der Waals surface area (Å²) in [5, 5.41) is 0.516. The van der Waals surface area contributed by atoms with Crippen molar-refractivity contribution in [2.24, 2.45) is 4.99 Å². The van der Waals surface area contributed by atoms with Crippen LogP contribution in [0.3, 0.4) is 0 Å². The van der Waals surface area contributed by atoms with Crippen molar-refractivity contribution in [3.05, 3.63) is 77.9 Å². The van der Waals surface area contributed by atoms with E-state index in [-0.39, 0.29) is 0 Å². The van der Waals surface area contributed by atoms with E-state index in [1.165, 1.54) is 0 Å². The Morgan fingerprint density at radius 1 is 0.944 bits per heavy atom. The maximum atomic E-state index is 6.04. The lowest BCUT2D eigenvalue weighted by Gasteiger charge is -1.95. The van der Waals surface area contributed by atoms with Crippen LogP contribution < -0.4 is 0 Å². The maximum Gasteiger partial charge on any atom is 0.123 e. The smallest absolute Gasteiger partial charge is 0.123 e. The normalized spacial score (nSPS) is 11.9. The Labute approximate surface area is 112 Å². The first-order valence-corrected chi connectivity index (χ1v) is 6.19. The molecule has 0 saturated carbocycles. The molecule has 90 valence electrons. The molecule has 2 aromatic rings. The molecule has 18 heavy (non-hydrogen) atoms. The fourth-order valence-electron chi connectivity index (χ4n) is 1.53. The van der Waals surface area contributed by atoms with Gasteiger partial charge in [-0.1, -0.05) is 78.3 Å². The number of hydrogen-bond donors (Lipinski definition) is 0.